The Kier molecular flexibility index (Phi) is 6.97. The van der Waals surface area contributed by atoms with Crippen molar-refractivity contribution in [2.75, 3.05) is 12.9 Å². The van der Waals surface area contributed by atoms with Crippen LogP contribution in [0.1, 0.15) is 18.4 Å². The molecule has 0 aliphatic rings. The van der Waals surface area contributed by atoms with Gasteiger partial charge in [0, 0.05) is 12.7 Å². The topological polar surface area (TPSA) is 81.7 Å². The molecule has 2 aromatic carbocycles. The summed E-state index contributed by atoms with van der Waals surface area (Å²) in [5.41, 5.74) is 3.37. The zero-order chi connectivity index (χ0) is 18.1. The number of ether oxygens (including phenoxy) is 1. The van der Waals surface area contributed by atoms with Crippen LogP contribution in [0.3, 0.4) is 0 Å². The van der Waals surface area contributed by atoms with Crippen LogP contribution in [-0.4, -0.2) is 27.2 Å². The quantitative estimate of drug-likeness (QED) is 0.547. The Hall–Kier alpha value is -2.38. The zero-order valence-electron chi connectivity index (χ0n) is 14.0. The Bertz CT molecular complexity index is 773. The minimum Gasteiger partial charge on any atom is -0.494 e. The van der Waals surface area contributed by atoms with Crippen molar-refractivity contribution in [3.05, 3.63) is 60.2 Å². The number of carbonyl (C=O) groups excluding carboxylic acids is 1. The molecule has 2 aromatic rings. The van der Waals surface area contributed by atoms with Crippen molar-refractivity contribution in [1.82, 2.24) is 5.48 Å². The number of carbonyl (C=O) groups is 1. The van der Waals surface area contributed by atoms with E-state index in [0.29, 0.717) is 25.4 Å². The summed E-state index contributed by atoms with van der Waals surface area (Å²) < 4.78 is 28.2. The van der Waals surface area contributed by atoms with E-state index in [1.54, 1.807) is 12.1 Å². The van der Waals surface area contributed by atoms with Gasteiger partial charge in [-0.2, -0.15) is 0 Å². The summed E-state index contributed by atoms with van der Waals surface area (Å²) in [5, 5.41) is 0. The van der Waals surface area contributed by atoms with Gasteiger partial charge in [0.1, 0.15) is 5.75 Å². The van der Waals surface area contributed by atoms with E-state index >= 15 is 0 Å². The molecule has 0 aliphatic heterocycles. The van der Waals surface area contributed by atoms with Gasteiger partial charge >= 0.3 is 0 Å². The number of hydrogen-bond donors (Lipinski definition) is 1. The third-order valence-electron chi connectivity index (χ3n) is 3.34. The van der Waals surface area contributed by atoms with Gasteiger partial charge in [0.2, 0.25) is 5.91 Å². The van der Waals surface area contributed by atoms with Gasteiger partial charge in [-0.1, -0.05) is 30.3 Å². The van der Waals surface area contributed by atoms with Gasteiger partial charge < -0.3 is 4.74 Å². The lowest BCUT2D eigenvalue weighted by Gasteiger charge is -2.08. The number of amides is 1. The highest BCUT2D eigenvalue weighted by molar-refractivity contribution is 7.90. The third-order valence-corrected chi connectivity index (χ3v) is 4.46. The van der Waals surface area contributed by atoms with E-state index in [0.717, 1.165) is 11.8 Å². The summed E-state index contributed by atoms with van der Waals surface area (Å²) in [6.45, 7) is 0.667. The first-order valence-corrected chi connectivity index (χ1v) is 9.72. The molecule has 0 aromatic heterocycles. The first kappa shape index (κ1) is 19.0. The van der Waals surface area contributed by atoms with Gasteiger partial charge in [0.05, 0.1) is 18.1 Å². The fourth-order valence-electron chi connectivity index (χ4n) is 2.03. The second kappa shape index (κ2) is 9.19. The molecule has 1 N–H and O–H groups in total. The van der Waals surface area contributed by atoms with Crippen molar-refractivity contribution in [1.29, 1.82) is 0 Å². The van der Waals surface area contributed by atoms with Crippen LogP contribution in [0.5, 0.6) is 5.75 Å². The lowest BCUT2D eigenvalue weighted by Crippen LogP contribution is -2.23. The fourth-order valence-corrected chi connectivity index (χ4v) is 2.66. The van der Waals surface area contributed by atoms with E-state index in [1.807, 2.05) is 30.3 Å². The van der Waals surface area contributed by atoms with E-state index in [9.17, 15) is 13.2 Å². The second-order valence-electron chi connectivity index (χ2n) is 5.50. The molecule has 0 radical (unpaired) electrons. The normalized spacial score (nSPS) is 11.1. The fraction of sp³-hybridized carbons (Fsp3) is 0.278. The minimum absolute atomic E-state index is 0.216. The molecule has 134 valence electrons. The Labute approximate surface area is 147 Å². The van der Waals surface area contributed by atoms with Gasteiger partial charge in [0.25, 0.3) is 0 Å². The van der Waals surface area contributed by atoms with Crippen LogP contribution in [0.2, 0.25) is 0 Å². The summed E-state index contributed by atoms with van der Waals surface area (Å²) in [6, 6.07) is 15.7. The van der Waals surface area contributed by atoms with E-state index in [4.69, 9.17) is 9.57 Å². The molecule has 0 unspecified atom stereocenters. The third kappa shape index (κ3) is 6.94. The number of hydrogen-bond acceptors (Lipinski definition) is 5. The molecule has 0 spiro atoms. The van der Waals surface area contributed by atoms with Crippen LogP contribution < -0.4 is 10.2 Å². The number of rotatable bonds is 9. The van der Waals surface area contributed by atoms with Crippen molar-refractivity contribution in [2.45, 2.75) is 24.3 Å². The van der Waals surface area contributed by atoms with Gasteiger partial charge in [-0.3, -0.25) is 9.63 Å². The summed E-state index contributed by atoms with van der Waals surface area (Å²) >= 11 is 0. The van der Waals surface area contributed by atoms with Crippen molar-refractivity contribution in [3.8, 4) is 5.75 Å². The lowest BCUT2D eigenvalue weighted by atomic mass is 10.2. The SMILES string of the molecule is CS(=O)(=O)c1ccc(OCCCC(=O)NOCc2ccccc2)cc1. The van der Waals surface area contributed by atoms with Crippen LogP contribution in [-0.2, 0) is 26.1 Å². The summed E-state index contributed by atoms with van der Waals surface area (Å²) in [6.07, 6.45) is 1.95. The molecule has 25 heavy (non-hydrogen) atoms. The maximum absolute atomic E-state index is 11.6. The Morgan fingerprint density at radius 1 is 1.04 bits per heavy atom. The molecule has 0 fully saturated rings. The molecule has 1 amide bonds. The predicted molar refractivity (Wildman–Crippen MR) is 93.7 cm³/mol. The van der Waals surface area contributed by atoms with Crippen molar-refractivity contribution in [3.63, 3.8) is 0 Å². The summed E-state index contributed by atoms with van der Waals surface area (Å²) in [5.74, 6) is 0.347. The standard InChI is InChI=1S/C18H21NO5S/c1-25(21,22)17-11-9-16(10-12-17)23-13-5-8-18(20)19-24-14-15-6-3-2-4-7-15/h2-4,6-7,9-12H,5,8,13-14H2,1H3,(H,19,20). The maximum Gasteiger partial charge on any atom is 0.243 e. The molecular weight excluding hydrogens is 342 g/mol. The first-order chi connectivity index (χ1) is 11.9. The Morgan fingerprint density at radius 2 is 1.72 bits per heavy atom. The van der Waals surface area contributed by atoms with Crippen LogP contribution in [0, 0.1) is 0 Å². The molecule has 0 heterocycles. The van der Waals surface area contributed by atoms with Gasteiger partial charge in [0.15, 0.2) is 9.84 Å². The van der Waals surface area contributed by atoms with Crippen LogP contribution in [0.15, 0.2) is 59.5 Å². The molecule has 7 heteroatoms. The second-order valence-corrected chi connectivity index (χ2v) is 7.51. The highest BCUT2D eigenvalue weighted by Crippen LogP contribution is 2.16. The van der Waals surface area contributed by atoms with E-state index < -0.39 is 9.84 Å². The average Bonchev–Trinajstić information content (AvgIpc) is 2.59. The van der Waals surface area contributed by atoms with Gasteiger partial charge in [-0.15, -0.1) is 0 Å². The monoisotopic (exact) mass is 363 g/mol. The molecule has 0 bridgehead atoms. The number of nitrogens with one attached hydrogen (secondary N) is 1. The molecule has 0 aliphatic carbocycles. The smallest absolute Gasteiger partial charge is 0.243 e. The van der Waals surface area contributed by atoms with Gasteiger partial charge in [-0.05, 0) is 36.2 Å². The number of sulfone groups is 1. The number of hydroxylamine groups is 1. The molecule has 0 atom stereocenters. The molecular formula is C18H21NO5S. The predicted octanol–water partition coefficient (Wildman–Crippen LogP) is 2.50. The lowest BCUT2D eigenvalue weighted by molar-refractivity contribution is -0.134. The molecule has 6 nitrogen and oxygen atoms in total. The summed E-state index contributed by atoms with van der Waals surface area (Å²) in [4.78, 5) is 17.0. The van der Waals surface area contributed by atoms with Crippen LogP contribution >= 0.6 is 0 Å². The van der Waals surface area contributed by atoms with E-state index in [1.165, 1.54) is 12.1 Å². The zero-order valence-corrected chi connectivity index (χ0v) is 14.8. The van der Waals surface area contributed by atoms with E-state index in [2.05, 4.69) is 5.48 Å². The highest BCUT2D eigenvalue weighted by Gasteiger charge is 2.06. The van der Waals surface area contributed by atoms with Crippen LogP contribution in [0.4, 0.5) is 0 Å². The highest BCUT2D eigenvalue weighted by atomic mass is 32.2. The minimum atomic E-state index is -3.21. The average molecular weight is 363 g/mol. The van der Waals surface area contributed by atoms with E-state index in [-0.39, 0.29) is 17.2 Å². The van der Waals surface area contributed by atoms with Gasteiger partial charge in [-0.25, -0.2) is 13.9 Å². The summed E-state index contributed by atoms with van der Waals surface area (Å²) in [7, 11) is -3.21. The molecule has 0 saturated heterocycles. The van der Waals surface area contributed by atoms with Crippen molar-refractivity contribution >= 4 is 15.7 Å². The largest absolute Gasteiger partial charge is 0.494 e. The Balaban J connectivity index is 1.61. The maximum atomic E-state index is 11.6. The Morgan fingerprint density at radius 3 is 2.36 bits per heavy atom. The molecule has 2 rings (SSSR count). The van der Waals surface area contributed by atoms with Crippen molar-refractivity contribution < 1.29 is 22.8 Å². The van der Waals surface area contributed by atoms with Crippen molar-refractivity contribution in [2.24, 2.45) is 0 Å². The molecule has 0 saturated carbocycles. The first-order valence-electron chi connectivity index (χ1n) is 7.82. The van der Waals surface area contributed by atoms with Crippen LogP contribution in [0.25, 0.3) is 0 Å². The number of benzene rings is 2.